The van der Waals surface area contributed by atoms with Crippen LogP contribution in [0.2, 0.25) is 0 Å². The number of esters is 1. The lowest BCUT2D eigenvalue weighted by Gasteiger charge is -2.16. The van der Waals surface area contributed by atoms with Gasteiger partial charge in [-0.2, -0.15) is 8.78 Å². The van der Waals surface area contributed by atoms with Crippen molar-refractivity contribution in [1.29, 1.82) is 0 Å². The van der Waals surface area contributed by atoms with Crippen LogP contribution in [0.5, 0.6) is 0 Å². The van der Waals surface area contributed by atoms with Gasteiger partial charge in [-0.25, -0.2) is 4.79 Å². The summed E-state index contributed by atoms with van der Waals surface area (Å²) in [7, 11) is 0. The lowest BCUT2D eigenvalue weighted by molar-refractivity contribution is -0.173. The Morgan fingerprint density at radius 1 is 1.53 bits per heavy atom. The maximum atomic E-state index is 13.7. The number of halogens is 2. The third-order valence-corrected chi connectivity index (χ3v) is 2.31. The van der Waals surface area contributed by atoms with Gasteiger partial charge in [0.2, 0.25) is 0 Å². The van der Waals surface area contributed by atoms with Crippen LogP contribution >= 0.6 is 0 Å². The second kappa shape index (κ2) is 5.23. The molecule has 0 heterocycles. The van der Waals surface area contributed by atoms with Gasteiger partial charge in [-0.3, -0.25) is 0 Å². The van der Waals surface area contributed by atoms with Crippen LogP contribution in [-0.2, 0) is 15.5 Å². The van der Waals surface area contributed by atoms with E-state index in [0.29, 0.717) is 5.56 Å². The first kappa shape index (κ1) is 13.6. The van der Waals surface area contributed by atoms with Crippen LogP contribution in [0.1, 0.15) is 31.0 Å². The SMILES string of the molecule is CCOC(=O)C(F)(F)c1cccc(C(C)N)c1. The zero-order valence-electron chi connectivity index (χ0n) is 9.74. The molecule has 0 aliphatic rings. The number of nitrogens with two attached hydrogens (primary N) is 1. The minimum Gasteiger partial charge on any atom is -0.461 e. The highest BCUT2D eigenvalue weighted by atomic mass is 19.3. The zero-order valence-corrected chi connectivity index (χ0v) is 9.74. The summed E-state index contributed by atoms with van der Waals surface area (Å²) < 4.78 is 31.7. The van der Waals surface area contributed by atoms with Gasteiger partial charge >= 0.3 is 11.9 Å². The normalized spacial score (nSPS) is 13.2. The van der Waals surface area contributed by atoms with Gasteiger partial charge in [-0.05, 0) is 25.5 Å². The molecule has 5 heteroatoms. The topological polar surface area (TPSA) is 52.3 Å². The zero-order chi connectivity index (χ0) is 13.1. The van der Waals surface area contributed by atoms with Gasteiger partial charge in [-0.15, -0.1) is 0 Å². The average molecular weight is 243 g/mol. The van der Waals surface area contributed by atoms with Crippen LogP contribution in [-0.4, -0.2) is 12.6 Å². The standard InChI is InChI=1S/C12H15F2NO2/c1-3-17-11(16)12(13,14)10-6-4-5-9(7-10)8(2)15/h4-8H,3,15H2,1-2H3. The minimum atomic E-state index is -3.64. The van der Waals surface area contributed by atoms with Crippen LogP contribution in [0.25, 0.3) is 0 Å². The van der Waals surface area contributed by atoms with Crippen molar-refractivity contribution in [3.8, 4) is 0 Å². The van der Waals surface area contributed by atoms with Crippen molar-refractivity contribution >= 4 is 5.97 Å². The number of rotatable bonds is 4. The van der Waals surface area contributed by atoms with E-state index in [1.54, 1.807) is 13.0 Å². The third kappa shape index (κ3) is 3.00. The number of hydrogen-bond donors (Lipinski definition) is 1. The van der Waals surface area contributed by atoms with Crippen molar-refractivity contribution in [3.05, 3.63) is 35.4 Å². The van der Waals surface area contributed by atoms with Gasteiger partial charge in [0.1, 0.15) is 0 Å². The van der Waals surface area contributed by atoms with Crippen LogP contribution in [0.3, 0.4) is 0 Å². The van der Waals surface area contributed by atoms with Gasteiger partial charge < -0.3 is 10.5 Å². The Hall–Kier alpha value is -1.49. The van der Waals surface area contributed by atoms with E-state index in [1.165, 1.54) is 25.1 Å². The van der Waals surface area contributed by atoms with Crippen molar-refractivity contribution in [2.75, 3.05) is 6.61 Å². The third-order valence-electron chi connectivity index (χ3n) is 2.31. The fourth-order valence-electron chi connectivity index (χ4n) is 1.36. The molecule has 0 bridgehead atoms. The summed E-state index contributed by atoms with van der Waals surface area (Å²) in [5.41, 5.74) is 5.75. The molecule has 0 saturated heterocycles. The van der Waals surface area contributed by atoms with Crippen molar-refractivity contribution in [3.63, 3.8) is 0 Å². The predicted octanol–water partition coefficient (Wildman–Crippen LogP) is 2.36. The van der Waals surface area contributed by atoms with E-state index >= 15 is 0 Å². The van der Waals surface area contributed by atoms with Crippen molar-refractivity contribution in [2.45, 2.75) is 25.8 Å². The molecule has 0 aromatic heterocycles. The molecular formula is C12H15F2NO2. The Bertz CT molecular complexity index is 405. The number of carbonyl (C=O) groups excluding carboxylic acids is 1. The first-order valence-electron chi connectivity index (χ1n) is 5.30. The lowest BCUT2D eigenvalue weighted by Crippen LogP contribution is -2.28. The van der Waals surface area contributed by atoms with Crippen LogP contribution < -0.4 is 5.73 Å². The molecule has 0 radical (unpaired) electrons. The second-order valence-corrected chi connectivity index (χ2v) is 3.71. The number of ether oxygens (including phenoxy) is 1. The quantitative estimate of drug-likeness (QED) is 0.826. The molecule has 0 fully saturated rings. The fourth-order valence-corrected chi connectivity index (χ4v) is 1.36. The molecule has 17 heavy (non-hydrogen) atoms. The van der Waals surface area contributed by atoms with E-state index in [0.717, 1.165) is 0 Å². The molecule has 1 aromatic rings. The van der Waals surface area contributed by atoms with Crippen molar-refractivity contribution < 1.29 is 18.3 Å². The summed E-state index contributed by atoms with van der Waals surface area (Å²) in [5, 5.41) is 0. The van der Waals surface area contributed by atoms with E-state index in [4.69, 9.17) is 5.73 Å². The second-order valence-electron chi connectivity index (χ2n) is 3.71. The summed E-state index contributed by atoms with van der Waals surface area (Å²) in [4.78, 5) is 11.1. The Morgan fingerprint density at radius 2 is 2.18 bits per heavy atom. The highest BCUT2D eigenvalue weighted by molar-refractivity contribution is 5.79. The first-order valence-corrected chi connectivity index (χ1v) is 5.30. The van der Waals surface area contributed by atoms with E-state index < -0.39 is 17.5 Å². The number of carbonyl (C=O) groups is 1. The summed E-state index contributed by atoms with van der Waals surface area (Å²) in [6.07, 6.45) is 0. The van der Waals surface area contributed by atoms with Gasteiger partial charge in [0.25, 0.3) is 0 Å². The summed E-state index contributed by atoms with van der Waals surface area (Å²) in [6.45, 7) is 3.08. The van der Waals surface area contributed by atoms with Gasteiger partial charge in [0.15, 0.2) is 0 Å². The Kier molecular flexibility index (Phi) is 4.17. The van der Waals surface area contributed by atoms with Gasteiger partial charge in [0, 0.05) is 11.6 Å². The fraction of sp³-hybridized carbons (Fsp3) is 0.417. The van der Waals surface area contributed by atoms with Gasteiger partial charge in [0.05, 0.1) is 6.61 Å². The Morgan fingerprint density at radius 3 is 2.71 bits per heavy atom. The number of benzene rings is 1. The van der Waals surface area contributed by atoms with E-state index in [9.17, 15) is 13.6 Å². The average Bonchev–Trinajstić information content (AvgIpc) is 2.29. The molecule has 3 nitrogen and oxygen atoms in total. The molecule has 1 aromatic carbocycles. The minimum absolute atomic E-state index is 0.0819. The summed E-state index contributed by atoms with van der Waals surface area (Å²) in [5.74, 6) is -5.18. The van der Waals surface area contributed by atoms with E-state index in [2.05, 4.69) is 4.74 Å². The monoisotopic (exact) mass is 243 g/mol. The molecule has 1 atom stereocenters. The highest BCUT2D eigenvalue weighted by Gasteiger charge is 2.42. The molecule has 2 N–H and O–H groups in total. The van der Waals surface area contributed by atoms with E-state index in [-0.39, 0.29) is 12.6 Å². The van der Waals surface area contributed by atoms with Gasteiger partial charge in [-0.1, -0.05) is 18.2 Å². The van der Waals surface area contributed by atoms with Crippen molar-refractivity contribution in [2.24, 2.45) is 5.73 Å². The van der Waals surface area contributed by atoms with Crippen LogP contribution in [0.4, 0.5) is 8.78 Å². The molecule has 1 rings (SSSR count). The molecule has 0 aliphatic heterocycles. The molecule has 0 amide bonds. The predicted molar refractivity (Wildman–Crippen MR) is 59.6 cm³/mol. The number of hydrogen-bond acceptors (Lipinski definition) is 3. The van der Waals surface area contributed by atoms with E-state index in [1.807, 2.05) is 0 Å². The van der Waals surface area contributed by atoms with Crippen LogP contribution in [0.15, 0.2) is 24.3 Å². The lowest BCUT2D eigenvalue weighted by atomic mass is 10.0. The largest absolute Gasteiger partial charge is 0.461 e. The molecule has 0 aliphatic carbocycles. The number of alkyl halides is 2. The Balaban J connectivity index is 3.06. The molecular weight excluding hydrogens is 228 g/mol. The summed E-state index contributed by atoms with van der Waals surface area (Å²) in [6, 6.07) is 5.12. The molecule has 1 unspecified atom stereocenters. The molecule has 0 spiro atoms. The molecule has 94 valence electrons. The Labute approximate surface area is 98.6 Å². The van der Waals surface area contributed by atoms with Crippen LogP contribution in [0, 0.1) is 0 Å². The van der Waals surface area contributed by atoms with Crippen molar-refractivity contribution in [1.82, 2.24) is 0 Å². The molecule has 0 saturated carbocycles. The maximum absolute atomic E-state index is 13.7. The smallest absolute Gasteiger partial charge is 0.381 e. The first-order chi connectivity index (χ1) is 7.89. The maximum Gasteiger partial charge on any atom is 0.381 e. The summed E-state index contributed by atoms with van der Waals surface area (Å²) >= 11 is 0. The highest BCUT2D eigenvalue weighted by Crippen LogP contribution is 2.30.